The minimum absolute atomic E-state index is 0.0159. The molecule has 2 N–H and O–H groups in total. The van der Waals surface area contributed by atoms with Gasteiger partial charge in [0.05, 0.1) is 18.8 Å². The summed E-state index contributed by atoms with van der Waals surface area (Å²) in [6, 6.07) is 11.0. The van der Waals surface area contributed by atoms with E-state index in [9.17, 15) is 9.59 Å². The van der Waals surface area contributed by atoms with Crippen molar-refractivity contribution < 1.29 is 14.3 Å². The van der Waals surface area contributed by atoms with Gasteiger partial charge in [-0.2, -0.15) is 0 Å². The minimum Gasteiger partial charge on any atom is -0.497 e. The number of methoxy groups -OCH3 is 1. The van der Waals surface area contributed by atoms with Crippen LogP contribution in [-0.2, 0) is 9.59 Å². The molecule has 1 fully saturated rings. The van der Waals surface area contributed by atoms with Crippen molar-refractivity contribution in [2.45, 2.75) is 31.2 Å². The fourth-order valence-corrected chi connectivity index (χ4v) is 3.98. The van der Waals surface area contributed by atoms with E-state index in [4.69, 9.17) is 4.74 Å². The maximum absolute atomic E-state index is 12.3. The molecule has 0 spiro atoms. The minimum atomic E-state index is -0.113. The molecule has 1 aliphatic rings. The van der Waals surface area contributed by atoms with Gasteiger partial charge in [0.1, 0.15) is 10.8 Å². The molecule has 1 atom stereocenters. The van der Waals surface area contributed by atoms with Gasteiger partial charge < -0.3 is 20.3 Å². The topological polar surface area (TPSA) is 96.5 Å². The number of piperidine rings is 1. The van der Waals surface area contributed by atoms with E-state index in [0.717, 1.165) is 43.1 Å². The maximum atomic E-state index is 12.3. The molecular weight excluding hydrogens is 414 g/mol. The van der Waals surface area contributed by atoms with Gasteiger partial charge in [0.25, 0.3) is 0 Å². The van der Waals surface area contributed by atoms with E-state index in [1.54, 1.807) is 31.4 Å². The molecule has 0 aliphatic carbocycles. The zero-order valence-corrected chi connectivity index (χ0v) is 18.8. The van der Waals surface area contributed by atoms with E-state index in [0.29, 0.717) is 18.1 Å². The van der Waals surface area contributed by atoms with Gasteiger partial charge in [-0.05, 0) is 55.7 Å². The summed E-state index contributed by atoms with van der Waals surface area (Å²) < 4.78 is 5.11. The highest BCUT2D eigenvalue weighted by Crippen LogP contribution is 2.23. The number of amides is 2. The zero-order valence-electron chi connectivity index (χ0n) is 18.0. The van der Waals surface area contributed by atoms with Crippen LogP contribution in [0.25, 0.3) is 0 Å². The van der Waals surface area contributed by atoms with Gasteiger partial charge in [0, 0.05) is 25.3 Å². The lowest BCUT2D eigenvalue weighted by Crippen LogP contribution is -2.43. The fraction of sp³-hybridized carbons (Fsp3) is 0.455. The van der Waals surface area contributed by atoms with Crippen LogP contribution in [0.1, 0.15) is 26.2 Å². The summed E-state index contributed by atoms with van der Waals surface area (Å²) in [4.78, 5) is 26.6. The summed E-state index contributed by atoms with van der Waals surface area (Å²) >= 11 is 1.33. The lowest BCUT2D eigenvalue weighted by Gasteiger charge is -2.32. The molecule has 1 saturated heterocycles. The quantitative estimate of drug-likeness (QED) is 0.575. The van der Waals surface area contributed by atoms with Crippen molar-refractivity contribution in [3.05, 3.63) is 36.4 Å². The number of carbonyl (C=O) groups is 2. The van der Waals surface area contributed by atoms with Crippen LogP contribution in [0.5, 0.6) is 5.75 Å². The van der Waals surface area contributed by atoms with E-state index in [1.165, 1.54) is 11.8 Å². The average Bonchev–Trinajstić information content (AvgIpc) is 2.82. The van der Waals surface area contributed by atoms with Crippen LogP contribution in [-0.4, -0.2) is 54.5 Å². The van der Waals surface area contributed by atoms with Gasteiger partial charge in [0.2, 0.25) is 11.8 Å². The summed E-state index contributed by atoms with van der Waals surface area (Å²) in [6.07, 6.45) is 2.79. The maximum Gasteiger partial charge on any atom is 0.234 e. The molecule has 0 saturated carbocycles. The number of ether oxygens (including phenoxy) is 1. The Morgan fingerprint density at radius 2 is 2.00 bits per heavy atom. The van der Waals surface area contributed by atoms with Crippen LogP contribution < -0.4 is 20.3 Å². The second-order valence-corrected chi connectivity index (χ2v) is 8.37. The van der Waals surface area contributed by atoms with E-state index in [1.807, 2.05) is 19.1 Å². The van der Waals surface area contributed by atoms with Gasteiger partial charge in [-0.15, -0.1) is 10.2 Å². The molecule has 2 amide bonds. The molecule has 1 aromatic carbocycles. The molecule has 0 bridgehead atoms. The predicted molar refractivity (Wildman–Crippen MR) is 123 cm³/mol. The second kappa shape index (κ2) is 11.5. The van der Waals surface area contributed by atoms with Gasteiger partial charge in [-0.25, -0.2) is 0 Å². The number of hydrogen-bond donors (Lipinski definition) is 2. The van der Waals surface area contributed by atoms with E-state index < -0.39 is 0 Å². The first-order chi connectivity index (χ1) is 15.1. The largest absolute Gasteiger partial charge is 0.497 e. The summed E-state index contributed by atoms with van der Waals surface area (Å²) in [5.74, 6) is 1.73. The summed E-state index contributed by atoms with van der Waals surface area (Å²) in [6.45, 7) is 4.28. The lowest BCUT2D eigenvalue weighted by atomic mass is 9.97. The van der Waals surface area contributed by atoms with Crippen LogP contribution in [0.3, 0.4) is 0 Å². The highest BCUT2D eigenvalue weighted by molar-refractivity contribution is 7.99. The Morgan fingerprint density at radius 3 is 2.68 bits per heavy atom. The molecule has 9 heteroatoms. The van der Waals surface area contributed by atoms with E-state index in [-0.39, 0.29) is 23.5 Å². The first-order valence-corrected chi connectivity index (χ1v) is 11.5. The number of rotatable bonds is 9. The Labute approximate surface area is 187 Å². The Hall–Kier alpha value is -2.81. The van der Waals surface area contributed by atoms with Gasteiger partial charge in [-0.3, -0.25) is 9.59 Å². The number of benzene rings is 1. The Bertz CT molecular complexity index is 860. The van der Waals surface area contributed by atoms with Crippen LogP contribution in [0, 0.1) is 5.92 Å². The van der Waals surface area contributed by atoms with Crippen molar-refractivity contribution in [1.29, 1.82) is 0 Å². The van der Waals surface area contributed by atoms with Crippen LogP contribution in [0.2, 0.25) is 0 Å². The van der Waals surface area contributed by atoms with Crippen molar-refractivity contribution in [1.82, 2.24) is 15.5 Å². The molecular formula is C22H29N5O3S. The lowest BCUT2D eigenvalue weighted by molar-refractivity contribution is -0.125. The Kier molecular flexibility index (Phi) is 8.52. The smallest absolute Gasteiger partial charge is 0.234 e. The summed E-state index contributed by atoms with van der Waals surface area (Å²) in [7, 11) is 1.60. The third-order valence-electron chi connectivity index (χ3n) is 5.02. The van der Waals surface area contributed by atoms with Crippen LogP contribution >= 0.6 is 11.8 Å². The molecule has 31 heavy (non-hydrogen) atoms. The van der Waals surface area contributed by atoms with Gasteiger partial charge in [-0.1, -0.05) is 18.7 Å². The second-order valence-electron chi connectivity index (χ2n) is 7.37. The molecule has 8 nitrogen and oxygen atoms in total. The first kappa shape index (κ1) is 22.9. The monoisotopic (exact) mass is 443 g/mol. The number of carbonyl (C=O) groups excluding carboxylic acids is 2. The van der Waals surface area contributed by atoms with E-state index in [2.05, 4.69) is 25.7 Å². The van der Waals surface area contributed by atoms with Crippen molar-refractivity contribution in [3.8, 4) is 5.75 Å². The molecule has 0 radical (unpaired) electrons. The van der Waals surface area contributed by atoms with Gasteiger partial charge >= 0.3 is 0 Å². The zero-order chi connectivity index (χ0) is 22.1. The van der Waals surface area contributed by atoms with Gasteiger partial charge in [0.15, 0.2) is 5.82 Å². The number of anilines is 2. The number of nitrogens with zero attached hydrogens (tertiary/aromatic N) is 3. The molecule has 1 aromatic heterocycles. The third-order valence-corrected chi connectivity index (χ3v) is 5.94. The molecule has 166 valence electrons. The number of hydrogen-bond acceptors (Lipinski definition) is 7. The van der Waals surface area contributed by atoms with Crippen molar-refractivity contribution in [2.24, 2.45) is 5.92 Å². The Morgan fingerprint density at radius 1 is 1.19 bits per heavy atom. The van der Waals surface area contributed by atoms with Crippen molar-refractivity contribution in [3.63, 3.8) is 0 Å². The molecule has 0 unspecified atom stereocenters. The summed E-state index contributed by atoms with van der Waals surface area (Å²) in [5.41, 5.74) is 0.718. The Balaban J connectivity index is 1.48. The SMILES string of the molecule is CCCNC(=O)[C@@H]1CCCN(c2ccc(SCC(=O)Nc3ccc(OC)cc3)nn2)C1. The van der Waals surface area contributed by atoms with Crippen molar-refractivity contribution >= 4 is 35.1 Å². The first-order valence-electron chi connectivity index (χ1n) is 10.5. The van der Waals surface area contributed by atoms with E-state index >= 15 is 0 Å². The predicted octanol–water partition coefficient (Wildman–Crippen LogP) is 2.96. The highest BCUT2D eigenvalue weighted by Gasteiger charge is 2.26. The van der Waals surface area contributed by atoms with Crippen LogP contribution in [0.15, 0.2) is 41.4 Å². The molecule has 1 aliphatic heterocycles. The average molecular weight is 444 g/mol. The normalized spacial score (nSPS) is 15.9. The molecule has 3 rings (SSSR count). The number of aromatic nitrogens is 2. The fourth-order valence-electron chi connectivity index (χ4n) is 3.36. The van der Waals surface area contributed by atoms with Crippen LogP contribution in [0.4, 0.5) is 11.5 Å². The number of thioether (sulfide) groups is 1. The number of nitrogens with one attached hydrogen (secondary N) is 2. The molecule has 2 aromatic rings. The molecule has 2 heterocycles. The summed E-state index contributed by atoms with van der Waals surface area (Å²) in [5, 5.41) is 15.1. The van der Waals surface area contributed by atoms with Crippen molar-refractivity contribution in [2.75, 3.05) is 42.7 Å². The highest BCUT2D eigenvalue weighted by atomic mass is 32.2. The standard InChI is InChI=1S/C22H29N5O3S/c1-3-12-23-22(29)16-5-4-13-27(14-16)19-10-11-21(26-25-19)31-15-20(28)24-17-6-8-18(30-2)9-7-17/h6-11,16H,3-5,12-15H2,1-2H3,(H,23,29)(H,24,28)/t16-/m1/s1. The third kappa shape index (κ3) is 6.85.